The van der Waals surface area contributed by atoms with E-state index in [1.807, 2.05) is 11.4 Å². The molecule has 144 valence electrons. The quantitative estimate of drug-likeness (QED) is 0.217. The summed E-state index contributed by atoms with van der Waals surface area (Å²) in [7, 11) is 0. The first kappa shape index (κ1) is 22.5. The number of carbonyl (C=O) groups excluding carboxylic acids is 1. The zero-order valence-corrected chi connectivity index (χ0v) is 17.5. The molecule has 0 unspecified atom stereocenters. The van der Waals surface area contributed by atoms with Crippen LogP contribution in [-0.2, 0) is 0 Å². The number of unbranched alkanes of at least 4 members (excludes halogenated alkanes) is 13. The van der Waals surface area contributed by atoms with Gasteiger partial charge in [0.1, 0.15) is 0 Å². The number of hydrogen-bond donors (Lipinski definition) is 1. The SMILES string of the molecule is CCCCCCCCCCCCCCCCNc1csc(C(=O)Cl)c1. The molecule has 1 N–H and O–H groups in total. The second kappa shape index (κ2) is 15.7. The first-order valence-electron chi connectivity index (χ1n) is 10.3. The van der Waals surface area contributed by atoms with Crippen LogP contribution in [0.15, 0.2) is 11.4 Å². The molecule has 0 spiro atoms. The van der Waals surface area contributed by atoms with Gasteiger partial charge in [0.15, 0.2) is 0 Å². The number of thiophene rings is 1. The van der Waals surface area contributed by atoms with E-state index in [4.69, 9.17) is 11.6 Å². The number of nitrogens with one attached hydrogen (secondary N) is 1. The maximum atomic E-state index is 11.0. The van der Waals surface area contributed by atoms with Gasteiger partial charge in [-0.1, -0.05) is 90.4 Å². The van der Waals surface area contributed by atoms with Crippen LogP contribution in [0.4, 0.5) is 5.69 Å². The smallest absolute Gasteiger partial charge is 0.262 e. The molecule has 1 heterocycles. The Morgan fingerprint density at radius 1 is 0.880 bits per heavy atom. The summed E-state index contributed by atoms with van der Waals surface area (Å²) in [4.78, 5) is 11.6. The molecule has 0 aliphatic heterocycles. The lowest BCUT2D eigenvalue weighted by molar-refractivity contribution is 0.108. The fraction of sp³-hybridized carbons (Fsp3) is 0.762. The third-order valence-corrected chi connectivity index (χ3v) is 5.90. The van der Waals surface area contributed by atoms with E-state index in [1.54, 1.807) is 0 Å². The molecule has 4 heteroatoms. The van der Waals surface area contributed by atoms with Crippen LogP contribution in [0.3, 0.4) is 0 Å². The van der Waals surface area contributed by atoms with Gasteiger partial charge in [-0.25, -0.2) is 0 Å². The fourth-order valence-electron chi connectivity index (χ4n) is 3.08. The Bertz CT molecular complexity index is 447. The predicted octanol–water partition coefficient (Wildman–Crippen LogP) is 8.02. The molecule has 1 rings (SSSR count). The van der Waals surface area contributed by atoms with E-state index in [2.05, 4.69) is 12.2 Å². The van der Waals surface area contributed by atoms with E-state index >= 15 is 0 Å². The summed E-state index contributed by atoms with van der Waals surface area (Å²) in [5, 5.41) is 4.95. The highest BCUT2D eigenvalue weighted by molar-refractivity contribution is 7.14. The molecule has 1 aromatic rings. The fourth-order valence-corrected chi connectivity index (χ4v) is 3.97. The Labute approximate surface area is 163 Å². The van der Waals surface area contributed by atoms with Gasteiger partial charge in [0.25, 0.3) is 5.24 Å². The Balaban J connectivity index is 1.79. The minimum atomic E-state index is -0.366. The molecule has 0 fully saturated rings. The largest absolute Gasteiger partial charge is 0.384 e. The number of hydrogen-bond acceptors (Lipinski definition) is 3. The predicted molar refractivity (Wildman–Crippen MR) is 113 cm³/mol. The average Bonchev–Trinajstić information content (AvgIpc) is 3.07. The van der Waals surface area contributed by atoms with Gasteiger partial charge in [-0.05, 0) is 24.1 Å². The molecule has 1 aromatic heterocycles. The second-order valence-electron chi connectivity index (χ2n) is 7.00. The van der Waals surface area contributed by atoms with Crippen LogP contribution in [0.5, 0.6) is 0 Å². The molecular formula is C21H36ClNOS. The van der Waals surface area contributed by atoms with Crippen LogP contribution < -0.4 is 5.32 Å². The lowest BCUT2D eigenvalue weighted by Gasteiger charge is -2.04. The van der Waals surface area contributed by atoms with Gasteiger partial charge >= 0.3 is 0 Å². The summed E-state index contributed by atoms with van der Waals surface area (Å²) in [6, 6.07) is 1.84. The molecule has 0 amide bonds. The van der Waals surface area contributed by atoms with E-state index in [9.17, 15) is 4.79 Å². The van der Waals surface area contributed by atoms with Crippen molar-refractivity contribution in [2.24, 2.45) is 0 Å². The van der Waals surface area contributed by atoms with Crippen molar-refractivity contribution in [2.75, 3.05) is 11.9 Å². The summed E-state index contributed by atoms with van der Waals surface area (Å²) in [5.74, 6) is 0. The zero-order chi connectivity index (χ0) is 18.2. The van der Waals surface area contributed by atoms with Gasteiger partial charge in [-0.3, -0.25) is 4.79 Å². The molecule has 0 saturated heterocycles. The molecule has 0 saturated carbocycles. The maximum Gasteiger partial charge on any atom is 0.262 e. The Morgan fingerprint density at radius 2 is 1.36 bits per heavy atom. The maximum absolute atomic E-state index is 11.0. The molecule has 0 aliphatic rings. The first-order valence-corrected chi connectivity index (χ1v) is 11.5. The zero-order valence-electron chi connectivity index (χ0n) is 16.0. The lowest BCUT2D eigenvalue weighted by Crippen LogP contribution is -2.00. The number of halogens is 1. The van der Waals surface area contributed by atoms with Crippen LogP contribution >= 0.6 is 22.9 Å². The van der Waals surface area contributed by atoms with Crippen molar-refractivity contribution in [3.05, 3.63) is 16.3 Å². The van der Waals surface area contributed by atoms with Crippen molar-refractivity contribution in [1.82, 2.24) is 0 Å². The highest BCUT2D eigenvalue weighted by atomic mass is 35.5. The molecule has 0 aromatic carbocycles. The van der Waals surface area contributed by atoms with E-state index in [1.165, 1.54) is 101 Å². The van der Waals surface area contributed by atoms with Crippen molar-refractivity contribution in [1.29, 1.82) is 0 Å². The minimum absolute atomic E-state index is 0.366. The summed E-state index contributed by atoms with van der Waals surface area (Å²) in [6.07, 6.45) is 19.4. The third-order valence-electron chi connectivity index (χ3n) is 4.65. The minimum Gasteiger partial charge on any atom is -0.384 e. The van der Waals surface area contributed by atoms with Crippen LogP contribution in [0.1, 0.15) is 106 Å². The van der Waals surface area contributed by atoms with Crippen LogP contribution in [0.25, 0.3) is 0 Å². The van der Waals surface area contributed by atoms with Crippen molar-refractivity contribution in [3.8, 4) is 0 Å². The van der Waals surface area contributed by atoms with Crippen LogP contribution in [-0.4, -0.2) is 11.8 Å². The third kappa shape index (κ3) is 12.4. The van der Waals surface area contributed by atoms with Gasteiger partial charge in [0.2, 0.25) is 0 Å². The number of anilines is 1. The van der Waals surface area contributed by atoms with Crippen molar-refractivity contribution in [3.63, 3.8) is 0 Å². The van der Waals surface area contributed by atoms with Crippen molar-refractivity contribution < 1.29 is 4.79 Å². The topological polar surface area (TPSA) is 29.1 Å². The highest BCUT2D eigenvalue weighted by Crippen LogP contribution is 2.21. The van der Waals surface area contributed by atoms with Gasteiger partial charge in [0, 0.05) is 17.6 Å². The van der Waals surface area contributed by atoms with Gasteiger partial charge < -0.3 is 5.32 Å². The summed E-state index contributed by atoms with van der Waals surface area (Å²) in [6.45, 7) is 3.26. The second-order valence-corrected chi connectivity index (χ2v) is 8.25. The van der Waals surface area contributed by atoms with E-state index in [0.717, 1.165) is 12.2 Å². The van der Waals surface area contributed by atoms with Crippen molar-refractivity contribution in [2.45, 2.75) is 96.8 Å². The van der Waals surface area contributed by atoms with Gasteiger partial charge in [0.05, 0.1) is 4.88 Å². The first-order chi connectivity index (χ1) is 12.2. The summed E-state index contributed by atoms with van der Waals surface area (Å²) >= 11 is 6.86. The molecule has 0 atom stereocenters. The summed E-state index contributed by atoms with van der Waals surface area (Å²) < 4.78 is 0. The highest BCUT2D eigenvalue weighted by Gasteiger charge is 2.05. The summed E-state index contributed by atoms with van der Waals surface area (Å²) in [5.41, 5.74) is 1.02. The lowest BCUT2D eigenvalue weighted by atomic mass is 10.0. The monoisotopic (exact) mass is 385 g/mol. The van der Waals surface area contributed by atoms with Crippen LogP contribution in [0, 0.1) is 0 Å². The normalized spacial score (nSPS) is 11.0. The number of rotatable bonds is 17. The van der Waals surface area contributed by atoms with E-state index in [0.29, 0.717) is 4.88 Å². The van der Waals surface area contributed by atoms with Crippen molar-refractivity contribution >= 4 is 33.9 Å². The van der Waals surface area contributed by atoms with E-state index < -0.39 is 0 Å². The molecule has 0 bridgehead atoms. The average molecular weight is 386 g/mol. The van der Waals surface area contributed by atoms with Gasteiger partial charge in [-0.2, -0.15) is 0 Å². The molecule has 0 aliphatic carbocycles. The molecule has 0 radical (unpaired) electrons. The Hall–Kier alpha value is -0.540. The molecule has 25 heavy (non-hydrogen) atoms. The Kier molecular flexibility index (Phi) is 14.1. The standard InChI is InChI=1S/C21H36ClNOS/c1-2-3-4-5-6-7-8-9-10-11-12-13-14-15-16-23-19-17-20(21(22)24)25-18-19/h17-18,23H,2-16H2,1H3. The molecule has 2 nitrogen and oxygen atoms in total. The Morgan fingerprint density at radius 3 is 1.80 bits per heavy atom. The number of carbonyl (C=O) groups is 1. The van der Waals surface area contributed by atoms with Crippen LogP contribution in [0.2, 0.25) is 0 Å². The molecular weight excluding hydrogens is 350 g/mol. The van der Waals surface area contributed by atoms with E-state index in [-0.39, 0.29) is 5.24 Å². The van der Waals surface area contributed by atoms with Gasteiger partial charge in [-0.15, -0.1) is 11.3 Å².